The van der Waals surface area contributed by atoms with Crippen LogP contribution in [0, 0.1) is 20.8 Å². The maximum Gasteiger partial charge on any atom is 0.253 e. The van der Waals surface area contributed by atoms with E-state index < -0.39 is 0 Å². The Kier molecular flexibility index (Phi) is 4.72. The van der Waals surface area contributed by atoms with Crippen molar-refractivity contribution in [2.24, 2.45) is 0 Å². The Labute approximate surface area is 153 Å². The van der Waals surface area contributed by atoms with Crippen LogP contribution >= 0.6 is 0 Å². The van der Waals surface area contributed by atoms with Crippen LogP contribution in [-0.4, -0.2) is 15.5 Å². The number of aryl methyl sites for hydroxylation is 3. The highest BCUT2D eigenvalue weighted by Gasteiger charge is 2.15. The molecule has 1 aromatic carbocycles. The summed E-state index contributed by atoms with van der Waals surface area (Å²) in [4.78, 5) is 27.8. The van der Waals surface area contributed by atoms with Gasteiger partial charge in [0.25, 0.3) is 11.5 Å². The van der Waals surface area contributed by atoms with Gasteiger partial charge in [-0.25, -0.2) is 0 Å². The number of nitrogens with zero attached hydrogens (tertiary/aromatic N) is 1. The Morgan fingerprint density at radius 3 is 2.58 bits per heavy atom. The first-order valence-corrected chi connectivity index (χ1v) is 8.86. The molecule has 0 saturated heterocycles. The fourth-order valence-electron chi connectivity index (χ4n) is 3.41. The Bertz CT molecular complexity index is 1040. The number of carbonyl (C=O) groups is 1. The summed E-state index contributed by atoms with van der Waals surface area (Å²) >= 11 is 0. The summed E-state index contributed by atoms with van der Waals surface area (Å²) in [7, 11) is 0. The SMILES string of the molecule is Cc1cc(C(=O)NCc2c(C)cc(C)[nH]c2=O)c2ccn(C(C)C)c2c1. The summed E-state index contributed by atoms with van der Waals surface area (Å²) in [5.74, 6) is -0.167. The molecule has 2 aromatic heterocycles. The average Bonchev–Trinajstić information content (AvgIpc) is 2.96. The standard InChI is InChI=1S/C21H25N3O2/c1-12(2)24-7-6-16-17(8-13(3)9-19(16)24)20(25)22-11-18-14(4)10-15(5)23-21(18)26/h6-10,12H,11H2,1-5H3,(H,22,25)(H,23,26). The largest absolute Gasteiger partial charge is 0.348 e. The summed E-state index contributed by atoms with van der Waals surface area (Å²) in [5.41, 5.74) is 4.86. The Morgan fingerprint density at radius 2 is 1.92 bits per heavy atom. The number of rotatable bonds is 4. The molecule has 0 saturated carbocycles. The molecule has 0 aliphatic carbocycles. The van der Waals surface area contributed by atoms with Crippen LogP contribution in [0.25, 0.3) is 10.9 Å². The fourth-order valence-corrected chi connectivity index (χ4v) is 3.41. The van der Waals surface area contributed by atoms with Gasteiger partial charge in [-0.3, -0.25) is 9.59 Å². The minimum atomic E-state index is -0.167. The van der Waals surface area contributed by atoms with Gasteiger partial charge in [0.2, 0.25) is 0 Å². The number of carbonyl (C=O) groups excluding carboxylic acids is 1. The van der Waals surface area contributed by atoms with Crippen molar-refractivity contribution in [3.8, 4) is 0 Å². The molecule has 136 valence electrons. The summed E-state index contributed by atoms with van der Waals surface area (Å²) in [5, 5.41) is 3.83. The zero-order chi connectivity index (χ0) is 19.0. The monoisotopic (exact) mass is 351 g/mol. The van der Waals surface area contributed by atoms with Crippen LogP contribution in [0.4, 0.5) is 0 Å². The van der Waals surface area contributed by atoms with Crippen molar-refractivity contribution in [1.29, 1.82) is 0 Å². The lowest BCUT2D eigenvalue weighted by atomic mass is 10.1. The molecule has 26 heavy (non-hydrogen) atoms. The van der Waals surface area contributed by atoms with E-state index in [-0.39, 0.29) is 18.0 Å². The second-order valence-electron chi connectivity index (χ2n) is 7.19. The number of nitrogens with one attached hydrogen (secondary N) is 2. The van der Waals surface area contributed by atoms with E-state index in [1.165, 1.54) is 0 Å². The van der Waals surface area contributed by atoms with Crippen molar-refractivity contribution < 1.29 is 4.79 Å². The second kappa shape index (κ2) is 6.83. The minimum absolute atomic E-state index is 0.150. The third-order valence-electron chi connectivity index (χ3n) is 4.70. The minimum Gasteiger partial charge on any atom is -0.348 e. The van der Waals surface area contributed by atoms with Crippen LogP contribution in [-0.2, 0) is 6.54 Å². The quantitative estimate of drug-likeness (QED) is 0.751. The van der Waals surface area contributed by atoms with E-state index in [9.17, 15) is 9.59 Å². The van der Waals surface area contributed by atoms with E-state index in [1.807, 2.05) is 45.2 Å². The first-order chi connectivity index (χ1) is 12.3. The molecule has 0 atom stereocenters. The number of H-pyrrole nitrogens is 1. The Balaban J connectivity index is 1.93. The summed E-state index contributed by atoms with van der Waals surface area (Å²) in [6.07, 6.45) is 2.01. The molecular formula is C21H25N3O2. The van der Waals surface area contributed by atoms with Gasteiger partial charge < -0.3 is 14.9 Å². The van der Waals surface area contributed by atoms with Crippen molar-refractivity contribution >= 4 is 16.8 Å². The van der Waals surface area contributed by atoms with Gasteiger partial charge >= 0.3 is 0 Å². The lowest BCUT2D eigenvalue weighted by Gasteiger charge is -2.12. The molecule has 5 nitrogen and oxygen atoms in total. The van der Waals surface area contributed by atoms with Gasteiger partial charge in [-0.05, 0) is 70.0 Å². The molecule has 0 spiro atoms. The molecule has 5 heteroatoms. The number of pyridine rings is 1. The van der Waals surface area contributed by atoms with E-state index in [4.69, 9.17) is 0 Å². The van der Waals surface area contributed by atoms with Gasteiger partial charge in [-0.2, -0.15) is 0 Å². The smallest absolute Gasteiger partial charge is 0.253 e. The first kappa shape index (κ1) is 18.0. The van der Waals surface area contributed by atoms with Gasteiger partial charge in [-0.15, -0.1) is 0 Å². The zero-order valence-electron chi connectivity index (χ0n) is 15.9. The van der Waals surface area contributed by atoms with Crippen molar-refractivity contribution in [2.75, 3.05) is 0 Å². The number of aromatic nitrogens is 2. The van der Waals surface area contributed by atoms with Gasteiger partial charge in [-0.1, -0.05) is 0 Å². The molecule has 0 unspecified atom stereocenters. The summed E-state index contributed by atoms with van der Waals surface area (Å²) in [6, 6.07) is 8.21. The number of fused-ring (bicyclic) bond motifs is 1. The second-order valence-corrected chi connectivity index (χ2v) is 7.19. The van der Waals surface area contributed by atoms with Gasteiger partial charge in [0, 0.05) is 46.5 Å². The van der Waals surface area contributed by atoms with E-state index in [1.54, 1.807) is 0 Å². The van der Waals surface area contributed by atoms with Crippen LogP contribution in [0.15, 0.2) is 35.3 Å². The molecular weight excluding hydrogens is 326 g/mol. The molecule has 0 fully saturated rings. The molecule has 0 aliphatic heterocycles. The molecule has 3 rings (SSSR count). The van der Waals surface area contributed by atoms with Gasteiger partial charge in [0.15, 0.2) is 0 Å². The van der Waals surface area contributed by atoms with E-state index >= 15 is 0 Å². The highest BCUT2D eigenvalue weighted by atomic mass is 16.1. The highest BCUT2D eigenvalue weighted by molar-refractivity contribution is 6.07. The molecule has 1 amide bonds. The third-order valence-corrected chi connectivity index (χ3v) is 4.70. The molecule has 0 radical (unpaired) electrons. The summed E-state index contributed by atoms with van der Waals surface area (Å²) < 4.78 is 2.16. The van der Waals surface area contributed by atoms with E-state index in [2.05, 4.69) is 34.8 Å². The normalized spacial score (nSPS) is 11.3. The van der Waals surface area contributed by atoms with E-state index in [0.29, 0.717) is 17.2 Å². The molecule has 0 bridgehead atoms. The predicted octanol–water partition coefficient (Wildman–Crippen LogP) is 3.77. The van der Waals surface area contributed by atoms with Crippen LogP contribution in [0.1, 0.15) is 52.6 Å². The molecule has 2 N–H and O–H groups in total. The number of amides is 1. The Hall–Kier alpha value is -2.82. The van der Waals surface area contributed by atoms with E-state index in [0.717, 1.165) is 27.7 Å². The third kappa shape index (κ3) is 3.29. The lowest BCUT2D eigenvalue weighted by Crippen LogP contribution is -2.28. The zero-order valence-corrected chi connectivity index (χ0v) is 15.9. The first-order valence-electron chi connectivity index (χ1n) is 8.86. The van der Waals surface area contributed by atoms with Crippen LogP contribution < -0.4 is 10.9 Å². The van der Waals surface area contributed by atoms with Crippen LogP contribution in [0.5, 0.6) is 0 Å². The number of aromatic amines is 1. The van der Waals surface area contributed by atoms with Gasteiger partial charge in [0.1, 0.15) is 0 Å². The van der Waals surface area contributed by atoms with Crippen LogP contribution in [0.3, 0.4) is 0 Å². The average molecular weight is 351 g/mol. The highest BCUT2D eigenvalue weighted by Crippen LogP contribution is 2.25. The number of hydrogen-bond acceptors (Lipinski definition) is 2. The maximum absolute atomic E-state index is 12.8. The van der Waals surface area contributed by atoms with Gasteiger partial charge in [0.05, 0.1) is 0 Å². The van der Waals surface area contributed by atoms with Crippen molar-refractivity contribution in [2.45, 2.75) is 47.2 Å². The maximum atomic E-state index is 12.8. The lowest BCUT2D eigenvalue weighted by molar-refractivity contribution is 0.0952. The summed E-state index contributed by atoms with van der Waals surface area (Å²) in [6.45, 7) is 10.2. The van der Waals surface area contributed by atoms with Crippen molar-refractivity contribution in [1.82, 2.24) is 14.9 Å². The van der Waals surface area contributed by atoms with Crippen molar-refractivity contribution in [3.05, 3.63) is 68.8 Å². The predicted molar refractivity (Wildman–Crippen MR) is 105 cm³/mol. The number of benzene rings is 1. The molecule has 0 aliphatic rings. The molecule has 2 heterocycles. The molecule has 3 aromatic rings. The topological polar surface area (TPSA) is 66.9 Å². The fraction of sp³-hybridized carbons (Fsp3) is 0.333. The van der Waals surface area contributed by atoms with Crippen molar-refractivity contribution in [3.63, 3.8) is 0 Å². The Morgan fingerprint density at radius 1 is 1.19 bits per heavy atom. The number of hydrogen-bond donors (Lipinski definition) is 2. The van der Waals surface area contributed by atoms with Crippen LogP contribution in [0.2, 0.25) is 0 Å².